The van der Waals surface area contributed by atoms with E-state index in [0.29, 0.717) is 12.8 Å². The lowest BCUT2D eigenvalue weighted by Crippen LogP contribution is -2.64. The van der Waals surface area contributed by atoms with Gasteiger partial charge in [0.15, 0.2) is 6.10 Å². The molecule has 13 nitrogen and oxygen atoms in total. The molecule has 0 bridgehead atoms. The summed E-state index contributed by atoms with van der Waals surface area (Å²) in [6, 6.07) is 0. The summed E-state index contributed by atoms with van der Waals surface area (Å²) in [5.41, 5.74) is 0. The first-order valence-corrected chi connectivity index (χ1v) is 18.8. The van der Waals surface area contributed by atoms with Gasteiger partial charge >= 0.3 is 19.8 Å². The van der Waals surface area contributed by atoms with E-state index in [-0.39, 0.29) is 12.8 Å². The summed E-state index contributed by atoms with van der Waals surface area (Å²) < 4.78 is 33.1. The standard InChI is InChI=1S/C32H61O13P/c1-3-5-7-9-11-12-13-15-17-19-21-26(34)44-24(22-42-25(33)20-18-16-14-10-8-6-4-2)23-43-46(40,41)45-32-30(38)28(36)27(35)29(37)31(32)39/h24,27-32,35-39H,3-23H2,1-2H3,(H,40,41)/t24-,27?,28-,29?,30?,31?,32?/m1/s1. The molecule has 0 amide bonds. The third kappa shape index (κ3) is 18.4. The fraction of sp³-hybridized carbons (Fsp3) is 0.938. The van der Waals surface area contributed by atoms with Crippen LogP contribution in [0.5, 0.6) is 0 Å². The van der Waals surface area contributed by atoms with E-state index >= 15 is 0 Å². The van der Waals surface area contributed by atoms with Gasteiger partial charge < -0.3 is 39.9 Å². The molecule has 0 saturated heterocycles. The zero-order chi connectivity index (χ0) is 34.4. The Morgan fingerprint density at radius 1 is 0.587 bits per heavy atom. The average molecular weight is 685 g/mol. The minimum Gasteiger partial charge on any atom is -0.462 e. The van der Waals surface area contributed by atoms with Crippen molar-refractivity contribution in [3.05, 3.63) is 0 Å². The Morgan fingerprint density at radius 3 is 1.43 bits per heavy atom. The molecule has 1 aliphatic rings. The van der Waals surface area contributed by atoms with Gasteiger partial charge in [0.1, 0.15) is 43.2 Å². The monoisotopic (exact) mass is 684 g/mol. The van der Waals surface area contributed by atoms with Gasteiger partial charge in [0, 0.05) is 12.8 Å². The van der Waals surface area contributed by atoms with Crippen LogP contribution < -0.4 is 0 Å². The minimum atomic E-state index is -5.09. The van der Waals surface area contributed by atoms with Crippen LogP contribution in [-0.2, 0) is 32.7 Å². The molecule has 46 heavy (non-hydrogen) atoms. The first kappa shape index (κ1) is 42.9. The molecule has 0 aromatic carbocycles. The molecule has 0 aliphatic heterocycles. The number of aliphatic hydroxyl groups is 5. The first-order valence-electron chi connectivity index (χ1n) is 17.3. The Morgan fingerprint density at radius 2 is 0.978 bits per heavy atom. The number of esters is 2. The summed E-state index contributed by atoms with van der Waals surface area (Å²) in [4.78, 5) is 35.1. The maximum atomic E-state index is 12.7. The zero-order valence-corrected chi connectivity index (χ0v) is 28.8. The molecule has 1 saturated carbocycles. The Balaban J connectivity index is 2.60. The number of hydrogen-bond donors (Lipinski definition) is 6. The third-order valence-electron chi connectivity index (χ3n) is 8.20. The molecular weight excluding hydrogens is 623 g/mol. The quantitative estimate of drug-likeness (QED) is 0.0407. The molecule has 6 N–H and O–H groups in total. The highest BCUT2D eigenvalue weighted by molar-refractivity contribution is 7.47. The van der Waals surface area contributed by atoms with Gasteiger partial charge in [-0.05, 0) is 12.8 Å². The fourth-order valence-corrected chi connectivity index (χ4v) is 6.26. The average Bonchev–Trinajstić information content (AvgIpc) is 3.03. The molecule has 1 rings (SSSR count). The number of aliphatic hydroxyl groups excluding tert-OH is 5. The topological polar surface area (TPSA) is 210 Å². The molecule has 0 aromatic heterocycles. The van der Waals surface area contributed by atoms with Crippen LogP contribution in [0, 0.1) is 0 Å². The van der Waals surface area contributed by atoms with E-state index in [0.717, 1.165) is 57.8 Å². The maximum Gasteiger partial charge on any atom is 0.472 e. The van der Waals surface area contributed by atoms with Gasteiger partial charge in [-0.2, -0.15) is 0 Å². The lowest BCUT2D eigenvalue weighted by Gasteiger charge is -2.41. The lowest BCUT2D eigenvalue weighted by atomic mass is 9.85. The number of phosphoric acid groups is 1. The minimum absolute atomic E-state index is 0.102. The number of carbonyl (C=O) groups is 2. The van der Waals surface area contributed by atoms with Crippen molar-refractivity contribution in [1.29, 1.82) is 0 Å². The van der Waals surface area contributed by atoms with Crippen LogP contribution in [0.4, 0.5) is 0 Å². The Kier molecular flexibility index (Phi) is 23.2. The van der Waals surface area contributed by atoms with Crippen molar-refractivity contribution in [3.8, 4) is 0 Å². The van der Waals surface area contributed by atoms with Crippen LogP contribution in [0.15, 0.2) is 0 Å². The van der Waals surface area contributed by atoms with E-state index in [4.69, 9.17) is 18.5 Å². The molecule has 6 unspecified atom stereocenters. The van der Waals surface area contributed by atoms with E-state index in [1.54, 1.807) is 0 Å². The molecule has 8 atom stereocenters. The van der Waals surface area contributed by atoms with Crippen LogP contribution in [0.3, 0.4) is 0 Å². The normalized spacial score (nSPS) is 25.1. The highest BCUT2D eigenvalue weighted by Crippen LogP contribution is 2.47. The largest absolute Gasteiger partial charge is 0.472 e. The molecule has 14 heteroatoms. The van der Waals surface area contributed by atoms with Gasteiger partial charge in [0.05, 0.1) is 6.61 Å². The van der Waals surface area contributed by atoms with Crippen molar-refractivity contribution in [3.63, 3.8) is 0 Å². The summed E-state index contributed by atoms with van der Waals surface area (Å²) in [6.45, 7) is 3.17. The van der Waals surface area contributed by atoms with Gasteiger partial charge in [-0.3, -0.25) is 18.6 Å². The zero-order valence-electron chi connectivity index (χ0n) is 27.9. The fourth-order valence-electron chi connectivity index (χ4n) is 5.29. The van der Waals surface area contributed by atoms with Crippen LogP contribution in [0.25, 0.3) is 0 Å². The molecular formula is C32H61O13P. The van der Waals surface area contributed by atoms with E-state index in [1.165, 1.54) is 38.5 Å². The van der Waals surface area contributed by atoms with Gasteiger partial charge in [0.25, 0.3) is 0 Å². The Hall–Kier alpha value is -1.15. The molecule has 272 valence electrons. The van der Waals surface area contributed by atoms with Gasteiger partial charge in [0.2, 0.25) is 0 Å². The molecule has 1 fully saturated rings. The van der Waals surface area contributed by atoms with Crippen LogP contribution in [-0.4, -0.2) is 98.3 Å². The second-order valence-electron chi connectivity index (χ2n) is 12.4. The van der Waals surface area contributed by atoms with E-state index in [9.17, 15) is 44.6 Å². The predicted octanol–water partition coefficient (Wildman–Crippen LogP) is 4.21. The number of carbonyl (C=O) groups excluding carboxylic acids is 2. The van der Waals surface area contributed by atoms with Crippen LogP contribution in [0.1, 0.15) is 136 Å². The second kappa shape index (κ2) is 24.9. The molecule has 0 heterocycles. The van der Waals surface area contributed by atoms with Crippen LogP contribution in [0.2, 0.25) is 0 Å². The number of rotatable bonds is 27. The summed E-state index contributed by atoms with van der Waals surface area (Å²) in [5.74, 6) is -1.11. The van der Waals surface area contributed by atoms with Crippen molar-refractivity contribution in [2.45, 2.75) is 179 Å². The second-order valence-corrected chi connectivity index (χ2v) is 13.8. The van der Waals surface area contributed by atoms with Crippen molar-refractivity contribution in [1.82, 2.24) is 0 Å². The predicted molar refractivity (Wildman–Crippen MR) is 171 cm³/mol. The number of phosphoric ester groups is 1. The third-order valence-corrected chi connectivity index (χ3v) is 9.18. The van der Waals surface area contributed by atoms with Gasteiger partial charge in [-0.25, -0.2) is 4.57 Å². The first-order chi connectivity index (χ1) is 21.9. The highest BCUT2D eigenvalue weighted by Gasteiger charge is 2.51. The summed E-state index contributed by atoms with van der Waals surface area (Å²) in [6.07, 6.45) is 5.14. The molecule has 0 radical (unpaired) electrons. The Labute approximate surface area is 274 Å². The van der Waals surface area contributed by atoms with Gasteiger partial charge in [-0.15, -0.1) is 0 Å². The van der Waals surface area contributed by atoms with Gasteiger partial charge in [-0.1, -0.05) is 110 Å². The number of unbranched alkanes of at least 4 members (excludes halogenated alkanes) is 15. The Bertz CT molecular complexity index is 844. The van der Waals surface area contributed by atoms with E-state index in [2.05, 4.69) is 13.8 Å². The summed E-state index contributed by atoms with van der Waals surface area (Å²) in [7, 11) is -5.09. The van der Waals surface area contributed by atoms with Crippen molar-refractivity contribution >= 4 is 19.8 Å². The van der Waals surface area contributed by atoms with Crippen LogP contribution >= 0.6 is 7.82 Å². The lowest BCUT2D eigenvalue weighted by molar-refractivity contribution is -0.220. The van der Waals surface area contributed by atoms with E-state index < -0.39 is 75.7 Å². The number of hydrogen-bond acceptors (Lipinski definition) is 12. The maximum absolute atomic E-state index is 12.7. The summed E-state index contributed by atoms with van der Waals surface area (Å²) >= 11 is 0. The number of ether oxygens (including phenoxy) is 2. The SMILES string of the molecule is CCCCCCCCCCCCC(=O)O[C@H](COC(=O)CCCCCCCCC)COP(=O)(O)OC1C(O)C(O)C(O)[C@@H](O)C1O. The van der Waals surface area contributed by atoms with Crippen molar-refractivity contribution in [2.75, 3.05) is 13.2 Å². The molecule has 0 spiro atoms. The van der Waals surface area contributed by atoms with E-state index in [1.807, 2.05) is 0 Å². The molecule has 1 aliphatic carbocycles. The van der Waals surface area contributed by atoms with Crippen molar-refractivity contribution < 1.29 is 63.1 Å². The summed E-state index contributed by atoms with van der Waals surface area (Å²) in [5, 5.41) is 49.7. The highest BCUT2D eigenvalue weighted by atomic mass is 31.2. The molecule has 0 aromatic rings. The van der Waals surface area contributed by atoms with Crippen molar-refractivity contribution in [2.24, 2.45) is 0 Å². The smallest absolute Gasteiger partial charge is 0.462 e.